The van der Waals surface area contributed by atoms with Crippen molar-refractivity contribution in [3.05, 3.63) is 115 Å². The molecule has 5 nitrogen and oxygen atoms in total. The van der Waals surface area contributed by atoms with Crippen LogP contribution >= 0.6 is 11.3 Å². The number of benzene rings is 3. The zero-order valence-corrected chi connectivity index (χ0v) is 19.3. The number of anilines is 1. The van der Waals surface area contributed by atoms with Crippen LogP contribution in [0.4, 0.5) is 10.1 Å². The fourth-order valence-electron chi connectivity index (χ4n) is 3.61. The number of halogens is 1. The van der Waals surface area contributed by atoms with Crippen molar-refractivity contribution in [3.63, 3.8) is 0 Å². The highest BCUT2D eigenvalue weighted by molar-refractivity contribution is 7.07. The standard InChI is InChI=1S/C27H20FN3O2S/c1-17-12-18(2)14-21(13-17)30-25(32)23(16-29)27-31(22-6-4-3-5-7-22)26(33)24(34-27)15-19-8-10-20(28)11-9-19/h3-15H,1-2H3,(H,30,32). The molecule has 0 unspecified atom stereocenters. The monoisotopic (exact) mass is 469 g/mol. The van der Waals surface area contributed by atoms with Crippen LogP contribution in [0.3, 0.4) is 0 Å². The second kappa shape index (κ2) is 9.69. The Morgan fingerprint density at radius 2 is 1.68 bits per heavy atom. The van der Waals surface area contributed by atoms with Gasteiger partial charge in [-0.3, -0.25) is 14.2 Å². The summed E-state index contributed by atoms with van der Waals surface area (Å²) >= 11 is 1.04. The van der Waals surface area contributed by atoms with Crippen LogP contribution in [-0.2, 0) is 4.79 Å². The molecule has 0 aliphatic rings. The number of nitrogens with one attached hydrogen (secondary N) is 1. The highest BCUT2D eigenvalue weighted by Gasteiger charge is 2.17. The number of rotatable bonds is 4. The summed E-state index contributed by atoms with van der Waals surface area (Å²) in [5, 5.41) is 12.7. The van der Waals surface area contributed by atoms with Gasteiger partial charge in [0, 0.05) is 5.69 Å². The van der Waals surface area contributed by atoms with Crippen LogP contribution in [-0.4, -0.2) is 10.5 Å². The van der Waals surface area contributed by atoms with Crippen molar-refractivity contribution in [2.75, 3.05) is 5.32 Å². The molecule has 4 aromatic rings. The maximum atomic E-state index is 13.4. The van der Waals surface area contributed by atoms with Crippen molar-refractivity contribution in [2.24, 2.45) is 0 Å². The molecule has 1 heterocycles. The largest absolute Gasteiger partial charge is 0.321 e. The molecule has 34 heavy (non-hydrogen) atoms. The van der Waals surface area contributed by atoms with E-state index in [0.29, 0.717) is 21.5 Å². The first kappa shape index (κ1) is 22.9. The van der Waals surface area contributed by atoms with Gasteiger partial charge in [-0.25, -0.2) is 4.39 Å². The van der Waals surface area contributed by atoms with Crippen LogP contribution in [0, 0.1) is 31.0 Å². The third-order valence-electron chi connectivity index (χ3n) is 5.04. The summed E-state index contributed by atoms with van der Waals surface area (Å²) in [6.07, 6.45) is 1.62. The lowest BCUT2D eigenvalue weighted by Gasteiger charge is -2.07. The quantitative estimate of drug-likeness (QED) is 0.494. The summed E-state index contributed by atoms with van der Waals surface area (Å²) in [6, 6.07) is 22.1. The third kappa shape index (κ3) is 4.87. The van der Waals surface area contributed by atoms with Crippen LogP contribution < -0.4 is 20.1 Å². The molecule has 1 amide bonds. The molecule has 0 radical (unpaired) electrons. The normalized spacial score (nSPS) is 12.2. The van der Waals surface area contributed by atoms with E-state index >= 15 is 0 Å². The van der Waals surface area contributed by atoms with E-state index in [1.807, 2.05) is 44.2 Å². The fraction of sp³-hybridized carbons (Fsp3) is 0.0741. The van der Waals surface area contributed by atoms with Crippen LogP contribution in [0.1, 0.15) is 16.7 Å². The van der Waals surface area contributed by atoms with Crippen molar-refractivity contribution < 1.29 is 9.18 Å². The van der Waals surface area contributed by atoms with E-state index < -0.39 is 5.91 Å². The first-order chi connectivity index (χ1) is 16.4. The molecule has 0 spiro atoms. The Morgan fingerprint density at radius 1 is 1.03 bits per heavy atom. The van der Waals surface area contributed by atoms with E-state index in [-0.39, 0.29) is 21.6 Å². The number of amides is 1. The van der Waals surface area contributed by atoms with Crippen molar-refractivity contribution in [2.45, 2.75) is 13.8 Å². The molecule has 7 heteroatoms. The maximum absolute atomic E-state index is 13.4. The lowest BCUT2D eigenvalue weighted by atomic mass is 10.1. The minimum atomic E-state index is -0.605. The molecule has 1 aromatic heterocycles. The van der Waals surface area contributed by atoms with E-state index in [1.54, 1.807) is 42.5 Å². The summed E-state index contributed by atoms with van der Waals surface area (Å²) in [5.41, 5.74) is 3.13. The number of carbonyl (C=O) groups excluding carboxylic acids is 1. The van der Waals surface area contributed by atoms with Gasteiger partial charge in [0.1, 0.15) is 16.5 Å². The van der Waals surface area contributed by atoms with Gasteiger partial charge in [-0.2, -0.15) is 5.26 Å². The Bertz CT molecular complexity index is 1570. The number of para-hydroxylation sites is 1. The molecule has 168 valence electrons. The van der Waals surface area contributed by atoms with Gasteiger partial charge in [0.15, 0.2) is 5.57 Å². The van der Waals surface area contributed by atoms with Gasteiger partial charge in [0.2, 0.25) is 0 Å². The molecule has 0 bridgehead atoms. The average molecular weight is 470 g/mol. The molecule has 0 aliphatic heterocycles. The minimum absolute atomic E-state index is 0.177. The smallest absolute Gasteiger partial charge is 0.273 e. The summed E-state index contributed by atoms with van der Waals surface area (Å²) in [4.78, 5) is 26.5. The predicted octanol–water partition coefficient (Wildman–Crippen LogP) is 3.80. The number of aryl methyl sites for hydroxylation is 2. The lowest BCUT2D eigenvalue weighted by Crippen LogP contribution is -2.32. The van der Waals surface area contributed by atoms with Gasteiger partial charge in [0.25, 0.3) is 11.5 Å². The van der Waals surface area contributed by atoms with Gasteiger partial charge in [-0.05, 0) is 73.0 Å². The fourth-order valence-corrected chi connectivity index (χ4v) is 4.71. The van der Waals surface area contributed by atoms with Crippen LogP contribution in [0.5, 0.6) is 0 Å². The zero-order valence-electron chi connectivity index (χ0n) is 18.5. The van der Waals surface area contributed by atoms with Crippen LogP contribution in [0.2, 0.25) is 0 Å². The first-order valence-corrected chi connectivity index (χ1v) is 11.3. The van der Waals surface area contributed by atoms with Crippen molar-refractivity contribution in [3.8, 4) is 11.8 Å². The van der Waals surface area contributed by atoms with E-state index in [4.69, 9.17) is 0 Å². The van der Waals surface area contributed by atoms with E-state index in [0.717, 1.165) is 22.5 Å². The number of carbonyl (C=O) groups is 1. The highest BCUT2D eigenvalue weighted by Crippen LogP contribution is 2.15. The summed E-state index contributed by atoms with van der Waals surface area (Å²) in [7, 11) is 0. The summed E-state index contributed by atoms with van der Waals surface area (Å²) < 4.78 is 15.2. The van der Waals surface area contributed by atoms with Crippen molar-refractivity contribution >= 4 is 34.6 Å². The second-order valence-corrected chi connectivity index (χ2v) is 8.79. The molecule has 3 aromatic carbocycles. The number of nitriles is 1. The Hall–Kier alpha value is -4.28. The Balaban J connectivity index is 1.94. The van der Waals surface area contributed by atoms with Crippen LogP contribution in [0.25, 0.3) is 17.3 Å². The molecule has 1 N–H and O–H groups in total. The van der Waals surface area contributed by atoms with Crippen LogP contribution in [0.15, 0.2) is 77.6 Å². The van der Waals surface area contributed by atoms with Crippen molar-refractivity contribution in [1.29, 1.82) is 5.26 Å². The Kier molecular flexibility index (Phi) is 6.53. The molecular weight excluding hydrogens is 449 g/mol. The Labute approximate surface area is 199 Å². The molecule has 0 aliphatic carbocycles. The lowest BCUT2D eigenvalue weighted by molar-refractivity contribution is -0.111. The molecule has 0 saturated carbocycles. The second-order valence-electron chi connectivity index (χ2n) is 7.76. The number of nitrogens with zero attached hydrogens (tertiary/aromatic N) is 2. The maximum Gasteiger partial charge on any atom is 0.273 e. The van der Waals surface area contributed by atoms with Gasteiger partial charge in [0.05, 0.1) is 10.2 Å². The summed E-state index contributed by atoms with van der Waals surface area (Å²) in [5.74, 6) is -0.986. The van der Waals surface area contributed by atoms with E-state index in [1.165, 1.54) is 16.7 Å². The van der Waals surface area contributed by atoms with E-state index in [2.05, 4.69) is 5.32 Å². The zero-order chi connectivity index (χ0) is 24.2. The molecule has 4 rings (SSSR count). The third-order valence-corrected chi connectivity index (χ3v) is 6.13. The molecular formula is C27H20FN3O2S. The average Bonchev–Trinajstić information content (AvgIpc) is 3.11. The first-order valence-electron chi connectivity index (χ1n) is 10.4. The molecule has 0 saturated heterocycles. The van der Waals surface area contributed by atoms with Gasteiger partial charge in [-0.1, -0.05) is 36.4 Å². The number of hydrogen-bond donors (Lipinski definition) is 1. The van der Waals surface area contributed by atoms with Gasteiger partial charge < -0.3 is 5.32 Å². The highest BCUT2D eigenvalue weighted by atomic mass is 32.1. The van der Waals surface area contributed by atoms with Gasteiger partial charge in [-0.15, -0.1) is 11.3 Å². The summed E-state index contributed by atoms with van der Waals surface area (Å²) in [6.45, 7) is 3.84. The molecule has 0 atom stereocenters. The number of thiazole rings is 1. The molecule has 0 fully saturated rings. The predicted molar refractivity (Wildman–Crippen MR) is 133 cm³/mol. The topological polar surface area (TPSA) is 74.9 Å². The van der Waals surface area contributed by atoms with Gasteiger partial charge >= 0.3 is 0 Å². The number of hydrogen-bond acceptors (Lipinski definition) is 4. The Morgan fingerprint density at radius 3 is 2.29 bits per heavy atom. The minimum Gasteiger partial charge on any atom is -0.321 e. The van der Waals surface area contributed by atoms with E-state index in [9.17, 15) is 19.2 Å². The van der Waals surface area contributed by atoms with Crippen molar-refractivity contribution in [1.82, 2.24) is 4.57 Å². The number of aromatic nitrogens is 1. The SMILES string of the molecule is Cc1cc(C)cc(NC(=O)C(C#N)=c2sc(=Cc3ccc(F)cc3)c(=O)n2-c2ccccc2)c1.